The highest BCUT2D eigenvalue weighted by Crippen LogP contribution is 2.34. The van der Waals surface area contributed by atoms with Crippen LogP contribution in [0.25, 0.3) is 11.6 Å². The van der Waals surface area contributed by atoms with E-state index in [0.29, 0.717) is 5.57 Å². The fraction of sp³-hybridized carbons (Fsp3) is 0.118. The van der Waals surface area contributed by atoms with Crippen molar-refractivity contribution in [3.8, 4) is 0 Å². The van der Waals surface area contributed by atoms with Crippen LogP contribution in [0.5, 0.6) is 0 Å². The van der Waals surface area contributed by atoms with Crippen molar-refractivity contribution in [3.05, 3.63) is 58.1 Å². The number of halogens is 1. The first kappa shape index (κ1) is 13.9. The van der Waals surface area contributed by atoms with E-state index in [1.54, 1.807) is 0 Å². The molecule has 1 amide bonds. The Morgan fingerprint density at radius 2 is 1.90 bits per heavy atom. The van der Waals surface area contributed by atoms with Crippen LogP contribution in [0, 0.1) is 0 Å². The van der Waals surface area contributed by atoms with Gasteiger partial charge in [0.05, 0.1) is 5.69 Å². The average molecular weight is 343 g/mol. The van der Waals surface area contributed by atoms with Gasteiger partial charge in [-0.2, -0.15) is 0 Å². The maximum Gasteiger partial charge on any atom is 0.256 e. The summed E-state index contributed by atoms with van der Waals surface area (Å²) < 4.78 is 1.01. The van der Waals surface area contributed by atoms with Gasteiger partial charge in [0.15, 0.2) is 0 Å². The minimum atomic E-state index is -0.0518. The molecule has 4 heteroatoms. The van der Waals surface area contributed by atoms with Crippen molar-refractivity contribution < 1.29 is 4.79 Å². The van der Waals surface area contributed by atoms with Crippen LogP contribution in [0.15, 0.2) is 46.9 Å². The van der Waals surface area contributed by atoms with Crippen LogP contribution in [0.3, 0.4) is 0 Å². The Morgan fingerprint density at radius 1 is 1.14 bits per heavy atom. The number of fused-ring (bicyclic) bond motifs is 1. The molecule has 0 aliphatic carbocycles. The van der Waals surface area contributed by atoms with E-state index >= 15 is 0 Å². The third kappa shape index (κ3) is 2.59. The van der Waals surface area contributed by atoms with Crippen LogP contribution >= 0.6 is 15.9 Å². The molecule has 1 heterocycles. The number of carbonyl (C=O) groups excluding carboxylic acids is 1. The topological polar surface area (TPSA) is 32.3 Å². The van der Waals surface area contributed by atoms with Crippen LogP contribution < -0.4 is 10.2 Å². The first-order chi connectivity index (χ1) is 10.1. The third-order valence-electron chi connectivity index (χ3n) is 3.47. The maximum absolute atomic E-state index is 12.1. The monoisotopic (exact) mass is 342 g/mol. The van der Waals surface area contributed by atoms with Gasteiger partial charge in [-0.1, -0.05) is 24.3 Å². The quantitative estimate of drug-likeness (QED) is 0.836. The van der Waals surface area contributed by atoms with Crippen molar-refractivity contribution in [2.24, 2.45) is 0 Å². The Morgan fingerprint density at radius 3 is 2.62 bits per heavy atom. The number of hydrogen-bond donors (Lipinski definition) is 1. The molecule has 21 heavy (non-hydrogen) atoms. The van der Waals surface area contributed by atoms with E-state index in [1.807, 2.05) is 67.5 Å². The molecule has 3 nitrogen and oxygen atoms in total. The summed E-state index contributed by atoms with van der Waals surface area (Å²) in [5, 5.41) is 2.88. The molecule has 0 radical (unpaired) electrons. The number of rotatable bonds is 2. The second-order valence-electron chi connectivity index (χ2n) is 5.16. The Labute approximate surface area is 132 Å². The molecule has 0 saturated carbocycles. The molecule has 0 aromatic heterocycles. The summed E-state index contributed by atoms with van der Waals surface area (Å²) in [7, 11) is 4.00. The number of nitrogens with zero attached hydrogens (tertiary/aromatic N) is 1. The molecule has 0 saturated heterocycles. The van der Waals surface area contributed by atoms with Gasteiger partial charge in [0.25, 0.3) is 5.91 Å². The zero-order valence-electron chi connectivity index (χ0n) is 11.9. The molecule has 0 bridgehead atoms. The van der Waals surface area contributed by atoms with E-state index in [4.69, 9.17) is 0 Å². The van der Waals surface area contributed by atoms with Gasteiger partial charge in [-0.05, 0) is 45.8 Å². The molecule has 3 rings (SSSR count). The van der Waals surface area contributed by atoms with Gasteiger partial charge in [-0.25, -0.2) is 0 Å². The van der Waals surface area contributed by atoms with Crippen molar-refractivity contribution in [1.29, 1.82) is 0 Å². The third-order valence-corrected chi connectivity index (χ3v) is 4.11. The van der Waals surface area contributed by atoms with Gasteiger partial charge in [0, 0.05) is 35.4 Å². The van der Waals surface area contributed by atoms with Crippen LogP contribution in [-0.2, 0) is 4.79 Å². The van der Waals surface area contributed by atoms with E-state index in [-0.39, 0.29) is 5.91 Å². The SMILES string of the molecule is CN(C)c1ccc(/C=C2/C(=O)Nc3ccccc32)cc1Br. The van der Waals surface area contributed by atoms with Gasteiger partial charge in [-0.3, -0.25) is 4.79 Å². The van der Waals surface area contributed by atoms with Gasteiger partial charge in [0.2, 0.25) is 0 Å². The number of carbonyl (C=O) groups is 1. The number of nitrogens with one attached hydrogen (secondary N) is 1. The van der Waals surface area contributed by atoms with Crippen LogP contribution in [0.4, 0.5) is 11.4 Å². The molecule has 0 unspecified atom stereocenters. The van der Waals surface area contributed by atoms with Crippen LogP contribution in [0.1, 0.15) is 11.1 Å². The lowest BCUT2D eigenvalue weighted by Crippen LogP contribution is -2.09. The average Bonchev–Trinajstić information content (AvgIpc) is 2.75. The molecule has 1 N–H and O–H groups in total. The summed E-state index contributed by atoms with van der Waals surface area (Å²) in [6.07, 6.45) is 1.92. The van der Waals surface area contributed by atoms with Crippen molar-refractivity contribution in [1.82, 2.24) is 0 Å². The number of hydrogen-bond acceptors (Lipinski definition) is 2. The van der Waals surface area contributed by atoms with Crippen LogP contribution in [-0.4, -0.2) is 20.0 Å². The molecule has 1 aliphatic heterocycles. The highest BCUT2D eigenvalue weighted by molar-refractivity contribution is 9.10. The number of benzene rings is 2. The predicted octanol–water partition coefficient (Wildman–Crippen LogP) is 4.01. The van der Waals surface area contributed by atoms with Crippen LogP contribution in [0.2, 0.25) is 0 Å². The summed E-state index contributed by atoms with van der Waals surface area (Å²) in [5.41, 5.74) is 4.63. The smallest absolute Gasteiger partial charge is 0.256 e. The fourth-order valence-corrected chi connectivity index (χ4v) is 3.18. The Kier molecular flexibility index (Phi) is 3.55. The fourth-order valence-electron chi connectivity index (χ4n) is 2.42. The van der Waals surface area contributed by atoms with Gasteiger partial charge < -0.3 is 10.2 Å². The minimum absolute atomic E-state index is 0.0518. The van der Waals surface area contributed by atoms with Gasteiger partial charge >= 0.3 is 0 Å². The van der Waals surface area contributed by atoms with Crippen molar-refractivity contribution in [2.75, 3.05) is 24.3 Å². The van der Waals surface area contributed by atoms with Crippen molar-refractivity contribution in [2.45, 2.75) is 0 Å². The van der Waals surface area contributed by atoms with E-state index in [2.05, 4.69) is 21.2 Å². The summed E-state index contributed by atoms with van der Waals surface area (Å²) >= 11 is 3.57. The van der Waals surface area contributed by atoms with Gasteiger partial charge in [-0.15, -0.1) is 0 Å². The Balaban J connectivity index is 2.03. The second-order valence-corrected chi connectivity index (χ2v) is 6.02. The molecule has 2 aromatic carbocycles. The van der Waals surface area contributed by atoms with Crippen molar-refractivity contribution >= 4 is 44.9 Å². The van der Waals surface area contributed by atoms with Crippen molar-refractivity contribution in [3.63, 3.8) is 0 Å². The standard InChI is InChI=1S/C17H15BrN2O/c1-20(2)16-8-7-11(10-14(16)18)9-13-12-5-3-4-6-15(12)19-17(13)21/h3-10H,1-2H3,(H,19,21)/b13-9+. The zero-order valence-corrected chi connectivity index (χ0v) is 13.4. The Hall–Kier alpha value is -2.07. The lowest BCUT2D eigenvalue weighted by atomic mass is 10.0. The molecular weight excluding hydrogens is 328 g/mol. The highest BCUT2D eigenvalue weighted by Gasteiger charge is 2.23. The molecular formula is C17H15BrN2O. The Bertz CT molecular complexity index is 750. The maximum atomic E-state index is 12.1. The summed E-state index contributed by atoms with van der Waals surface area (Å²) in [4.78, 5) is 14.1. The summed E-state index contributed by atoms with van der Waals surface area (Å²) in [6, 6.07) is 13.8. The second kappa shape index (κ2) is 5.37. The van der Waals surface area contributed by atoms with E-state index < -0.39 is 0 Å². The summed E-state index contributed by atoms with van der Waals surface area (Å²) in [6.45, 7) is 0. The number of para-hydroxylation sites is 1. The molecule has 1 aliphatic rings. The lowest BCUT2D eigenvalue weighted by molar-refractivity contribution is -0.110. The normalized spacial score (nSPS) is 15.0. The molecule has 0 spiro atoms. The first-order valence-electron chi connectivity index (χ1n) is 6.65. The van der Waals surface area contributed by atoms with E-state index in [1.165, 1.54) is 0 Å². The minimum Gasteiger partial charge on any atom is -0.377 e. The largest absolute Gasteiger partial charge is 0.377 e. The molecule has 106 valence electrons. The zero-order chi connectivity index (χ0) is 15.0. The summed E-state index contributed by atoms with van der Waals surface area (Å²) in [5.74, 6) is -0.0518. The number of anilines is 2. The lowest BCUT2D eigenvalue weighted by Gasteiger charge is -2.14. The molecule has 2 aromatic rings. The molecule has 0 fully saturated rings. The first-order valence-corrected chi connectivity index (χ1v) is 7.45. The van der Waals surface area contributed by atoms with E-state index in [0.717, 1.165) is 27.0 Å². The highest BCUT2D eigenvalue weighted by atomic mass is 79.9. The predicted molar refractivity (Wildman–Crippen MR) is 91.4 cm³/mol. The number of amides is 1. The molecule has 0 atom stereocenters. The van der Waals surface area contributed by atoms with E-state index in [9.17, 15) is 4.79 Å². The van der Waals surface area contributed by atoms with Gasteiger partial charge in [0.1, 0.15) is 0 Å².